The summed E-state index contributed by atoms with van der Waals surface area (Å²) in [6, 6.07) is 12.0. The van der Waals surface area contributed by atoms with Gasteiger partial charge in [0.2, 0.25) is 5.91 Å². The maximum absolute atomic E-state index is 13.5. The molecular weight excluding hydrogens is 434 g/mol. The van der Waals surface area contributed by atoms with Crippen LogP contribution in [0, 0.1) is 12.8 Å². The third-order valence-electron chi connectivity index (χ3n) is 6.20. The molecule has 0 saturated carbocycles. The molecule has 0 spiro atoms. The second kappa shape index (κ2) is 10.1. The van der Waals surface area contributed by atoms with E-state index >= 15 is 0 Å². The topological polar surface area (TPSA) is 69.7 Å². The second-order valence-electron chi connectivity index (χ2n) is 9.20. The SMILES string of the molecule is Cc1ccc(CN2CCSCC2)cc1NC(=O)C(CC(C)C)N1C(=O)c2ccccc2C1=O. The van der Waals surface area contributed by atoms with Crippen LogP contribution in [0.4, 0.5) is 5.69 Å². The third-order valence-corrected chi connectivity index (χ3v) is 7.15. The maximum atomic E-state index is 13.5. The van der Waals surface area contributed by atoms with Gasteiger partial charge >= 0.3 is 0 Å². The number of hydrogen-bond donors (Lipinski definition) is 1. The number of aryl methyl sites for hydroxylation is 1. The van der Waals surface area contributed by atoms with Crippen molar-refractivity contribution >= 4 is 35.2 Å². The van der Waals surface area contributed by atoms with Crippen LogP contribution in [0.3, 0.4) is 0 Å². The van der Waals surface area contributed by atoms with Crippen LogP contribution in [0.15, 0.2) is 42.5 Å². The summed E-state index contributed by atoms with van der Waals surface area (Å²) in [5.74, 6) is 1.30. The van der Waals surface area contributed by atoms with E-state index in [1.165, 1.54) is 0 Å². The molecule has 0 aliphatic carbocycles. The van der Waals surface area contributed by atoms with Crippen molar-refractivity contribution in [3.63, 3.8) is 0 Å². The molecule has 7 heteroatoms. The van der Waals surface area contributed by atoms with E-state index in [2.05, 4.69) is 16.3 Å². The Morgan fingerprint density at radius 1 is 1.03 bits per heavy atom. The van der Waals surface area contributed by atoms with Gasteiger partial charge in [0.05, 0.1) is 11.1 Å². The van der Waals surface area contributed by atoms with Crippen molar-refractivity contribution in [1.82, 2.24) is 9.80 Å². The number of benzene rings is 2. The molecule has 2 aliphatic rings. The zero-order valence-electron chi connectivity index (χ0n) is 19.5. The lowest BCUT2D eigenvalue weighted by Crippen LogP contribution is -2.48. The Kier molecular flexibility index (Phi) is 7.20. The number of amides is 3. The van der Waals surface area contributed by atoms with Crippen molar-refractivity contribution in [3.8, 4) is 0 Å². The zero-order chi connectivity index (χ0) is 23.5. The monoisotopic (exact) mass is 465 g/mol. The van der Waals surface area contributed by atoms with E-state index in [0.29, 0.717) is 17.5 Å². The molecule has 3 amide bonds. The van der Waals surface area contributed by atoms with Gasteiger partial charge in [-0.05, 0) is 48.6 Å². The van der Waals surface area contributed by atoms with Crippen LogP contribution < -0.4 is 5.32 Å². The molecule has 1 N–H and O–H groups in total. The van der Waals surface area contributed by atoms with E-state index in [-0.39, 0.29) is 11.8 Å². The molecular formula is C26H31N3O3S. The Labute approximate surface area is 199 Å². The van der Waals surface area contributed by atoms with Gasteiger partial charge in [0.1, 0.15) is 6.04 Å². The molecule has 2 aromatic carbocycles. The van der Waals surface area contributed by atoms with Crippen molar-refractivity contribution in [2.24, 2.45) is 5.92 Å². The van der Waals surface area contributed by atoms with Crippen LogP contribution in [0.25, 0.3) is 0 Å². The highest BCUT2D eigenvalue weighted by molar-refractivity contribution is 7.99. The fourth-order valence-electron chi connectivity index (χ4n) is 4.40. The summed E-state index contributed by atoms with van der Waals surface area (Å²) in [7, 11) is 0. The predicted molar refractivity (Wildman–Crippen MR) is 133 cm³/mol. The van der Waals surface area contributed by atoms with E-state index in [9.17, 15) is 14.4 Å². The summed E-state index contributed by atoms with van der Waals surface area (Å²) in [6.07, 6.45) is 0.404. The van der Waals surface area contributed by atoms with Gasteiger partial charge in [-0.25, -0.2) is 0 Å². The van der Waals surface area contributed by atoms with Crippen molar-refractivity contribution in [2.75, 3.05) is 29.9 Å². The fraction of sp³-hybridized carbons (Fsp3) is 0.423. The number of carbonyl (C=O) groups excluding carboxylic acids is 3. The lowest BCUT2D eigenvalue weighted by atomic mass is 10.0. The molecule has 2 heterocycles. The summed E-state index contributed by atoms with van der Waals surface area (Å²) < 4.78 is 0. The standard InChI is InChI=1S/C26H31N3O3S/c1-17(2)14-23(29-25(31)20-6-4-5-7-21(20)26(29)32)24(30)27-22-15-19(9-8-18(22)3)16-28-10-12-33-13-11-28/h4-9,15,17,23H,10-14,16H2,1-3H3,(H,27,30). The Morgan fingerprint density at radius 2 is 1.67 bits per heavy atom. The van der Waals surface area contributed by atoms with E-state index in [4.69, 9.17) is 0 Å². The quantitative estimate of drug-likeness (QED) is 0.621. The number of hydrogen-bond acceptors (Lipinski definition) is 5. The fourth-order valence-corrected chi connectivity index (χ4v) is 5.38. The molecule has 1 fully saturated rings. The van der Waals surface area contributed by atoms with Crippen molar-refractivity contribution < 1.29 is 14.4 Å². The average molecular weight is 466 g/mol. The van der Waals surface area contributed by atoms with Gasteiger partial charge in [0.15, 0.2) is 0 Å². The Balaban J connectivity index is 1.55. The minimum atomic E-state index is -0.862. The first-order valence-corrected chi connectivity index (χ1v) is 12.7. The molecule has 0 aromatic heterocycles. The largest absolute Gasteiger partial charge is 0.324 e. The number of nitrogens with one attached hydrogen (secondary N) is 1. The molecule has 0 radical (unpaired) electrons. The molecule has 0 bridgehead atoms. The van der Waals surface area contributed by atoms with Crippen LogP contribution in [0.5, 0.6) is 0 Å². The number of thioether (sulfide) groups is 1. The Hall–Kier alpha value is -2.64. The number of nitrogens with zero attached hydrogens (tertiary/aromatic N) is 2. The highest BCUT2D eigenvalue weighted by atomic mass is 32.2. The predicted octanol–water partition coefficient (Wildman–Crippen LogP) is 4.19. The first-order valence-electron chi connectivity index (χ1n) is 11.5. The Bertz CT molecular complexity index is 1030. The van der Waals surface area contributed by atoms with Crippen LogP contribution in [0.2, 0.25) is 0 Å². The molecule has 1 unspecified atom stereocenters. The van der Waals surface area contributed by atoms with Crippen molar-refractivity contribution in [3.05, 3.63) is 64.7 Å². The van der Waals surface area contributed by atoms with Crippen LogP contribution in [-0.4, -0.2) is 58.2 Å². The van der Waals surface area contributed by atoms with Gasteiger partial charge in [-0.3, -0.25) is 24.2 Å². The van der Waals surface area contributed by atoms with Crippen molar-refractivity contribution in [1.29, 1.82) is 0 Å². The molecule has 2 aromatic rings. The zero-order valence-corrected chi connectivity index (χ0v) is 20.3. The molecule has 4 rings (SSSR count). The van der Waals surface area contributed by atoms with Gasteiger partial charge in [0, 0.05) is 36.8 Å². The number of anilines is 1. The van der Waals surface area contributed by atoms with Crippen LogP contribution in [0.1, 0.15) is 52.1 Å². The maximum Gasteiger partial charge on any atom is 0.262 e. The van der Waals surface area contributed by atoms with Gasteiger partial charge < -0.3 is 5.32 Å². The first kappa shape index (κ1) is 23.5. The van der Waals surface area contributed by atoms with E-state index in [0.717, 1.165) is 52.9 Å². The summed E-state index contributed by atoms with van der Waals surface area (Å²) in [6.45, 7) is 8.91. The molecule has 2 aliphatic heterocycles. The average Bonchev–Trinajstić information content (AvgIpc) is 3.05. The third kappa shape index (κ3) is 5.14. The smallest absolute Gasteiger partial charge is 0.262 e. The van der Waals surface area contributed by atoms with E-state index in [1.54, 1.807) is 24.3 Å². The van der Waals surface area contributed by atoms with E-state index < -0.39 is 17.9 Å². The molecule has 33 heavy (non-hydrogen) atoms. The highest BCUT2D eigenvalue weighted by Crippen LogP contribution is 2.28. The van der Waals surface area contributed by atoms with Crippen molar-refractivity contribution in [2.45, 2.75) is 39.8 Å². The molecule has 1 atom stereocenters. The van der Waals surface area contributed by atoms with Gasteiger partial charge in [-0.1, -0.05) is 38.1 Å². The lowest BCUT2D eigenvalue weighted by molar-refractivity contribution is -0.120. The Morgan fingerprint density at radius 3 is 2.27 bits per heavy atom. The molecule has 174 valence electrons. The minimum Gasteiger partial charge on any atom is -0.324 e. The summed E-state index contributed by atoms with van der Waals surface area (Å²) >= 11 is 1.98. The number of imide groups is 1. The minimum absolute atomic E-state index is 0.134. The first-order chi connectivity index (χ1) is 15.8. The second-order valence-corrected chi connectivity index (χ2v) is 10.4. The van der Waals surface area contributed by atoms with Gasteiger partial charge in [-0.15, -0.1) is 0 Å². The normalized spacial score (nSPS) is 17.4. The van der Waals surface area contributed by atoms with E-state index in [1.807, 2.05) is 44.7 Å². The highest BCUT2D eigenvalue weighted by Gasteiger charge is 2.42. The number of fused-ring (bicyclic) bond motifs is 1. The molecule has 6 nitrogen and oxygen atoms in total. The summed E-state index contributed by atoms with van der Waals surface area (Å²) in [5, 5.41) is 3.03. The van der Waals surface area contributed by atoms with Gasteiger partial charge in [-0.2, -0.15) is 11.8 Å². The van der Waals surface area contributed by atoms with Crippen LogP contribution in [-0.2, 0) is 11.3 Å². The number of rotatable bonds is 7. The number of carbonyl (C=O) groups is 3. The molecule has 1 saturated heterocycles. The summed E-state index contributed by atoms with van der Waals surface area (Å²) in [4.78, 5) is 43.1. The van der Waals surface area contributed by atoms with Gasteiger partial charge in [0.25, 0.3) is 11.8 Å². The van der Waals surface area contributed by atoms with Crippen LogP contribution >= 0.6 is 11.8 Å². The summed E-state index contributed by atoms with van der Waals surface area (Å²) in [5.41, 5.74) is 3.55. The lowest BCUT2D eigenvalue weighted by Gasteiger charge is -2.28.